The van der Waals surface area contributed by atoms with Crippen LogP contribution in [0.25, 0.3) is 18.2 Å². The van der Waals surface area contributed by atoms with Crippen LogP contribution in [0, 0.1) is 0 Å². The van der Waals surface area contributed by atoms with Crippen molar-refractivity contribution in [1.29, 1.82) is 0 Å². The normalized spacial score (nSPS) is 12.6. The van der Waals surface area contributed by atoms with Gasteiger partial charge in [-0.25, -0.2) is 0 Å². The van der Waals surface area contributed by atoms with E-state index in [2.05, 4.69) is 18.2 Å². The predicted molar refractivity (Wildman–Crippen MR) is 89.3 cm³/mol. The fourth-order valence-corrected chi connectivity index (χ4v) is 2.64. The molecular weight excluding hydrogens is 276 g/mol. The highest BCUT2D eigenvalue weighted by Crippen LogP contribution is 2.32. The smallest absolute Gasteiger partial charge is 0.160 e. The van der Waals surface area contributed by atoms with Crippen LogP contribution in [0.3, 0.4) is 0 Å². The third-order valence-corrected chi connectivity index (χ3v) is 3.76. The molecular formula is C19H18O3. The van der Waals surface area contributed by atoms with Crippen molar-refractivity contribution in [3.05, 3.63) is 58.7 Å². The largest absolute Gasteiger partial charge is 0.504 e. The van der Waals surface area contributed by atoms with Crippen LogP contribution in [0.15, 0.2) is 36.4 Å². The molecule has 0 radical (unpaired) electrons. The molecule has 0 unspecified atom stereocenters. The number of benzene rings is 2. The molecule has 0 saturated carbocycles. The number of hydrogen-bond donors (Lipinski definition) is 1. The topological polar surface area (TPSA) is 38.7 Å². The van der Waals surface area contributed by atoms with E-state index in [1.165, 1.54) is 18.2 Å². The van der Waals surface area contributed by atoms with Gasteiger partial charge in [0, 0.05) is 5.56 Å². The Bertz CT molecular complexity index is 758. The fourth-order valence-electron chi connectivity index (χ4n) is 2.64. The van der Waals surface area contributed by atoms with Crippen molar-refractivity contribution < 1.29 is 14.6 Å². The molecule has 112 valence electrons. The van der Waals surface area contributed by atoms with E-state index < -0.39 is 0 Å². The summed E-state index contributed by atoms with van der Waals surface area (Å²) in [7, 11) is 3.23. The minimum Gasteiger partial charge on any atom is -0.504 e. The molecule has 1 aliphatic carbocycles. The van der Waals surface area contributed by atoms with Gasteiger partial charge in [0.25, 0.3) is 0 Å². The summed E-state index contributed by atoms with van der Waals surface area (Å²) < 4.78 is 10.5. The SMILES string of the molecule is COc1ccc(/C=C\c2cc3c(c(OC)c2)C=CC3)cc1O. The molecule has 2 aromatic carbocycles. The van der Waals surface area contributed by atoms with Crippen LogP contribution in [0.4, 0.5) is 0 Å². The lowest BCUT2D eigenvalue weighted by Crippen LogP contribution is -1.91. The molecule has 22 heavy (non-hydrogen) atoms. The van der Waals surface area contributed by atoms with Crippen LogP contribution in [0.2, 0.25) is 0 Å². The molecule has 0 heterocycles. The molecule has 0 amide bonds. The predicted octanol–water partition coefficient (Wildman–Crippen LogP) is 4.15. The van der Waals surface area contributed by atoms with E-state index >= 15 is 0 Å². The number of phenolic OH excluding ortho intramolecular Hbond substituents is 1. The third kappa shape index (κ3) is 2.70. The maximum absolute atomic E-state index is 9.81. The van der Waals surface area contributed by atoms with Crippen molar-refractivity contribution >= 4 is 18.2 Å². The Kier molecular flexibility index (Phi) is 3.88. The van der Waals surface area contributed by atoms with Crippen LogP contribution in [0.1, 0.15) is 22.3 Å². The van der Waals surface area contributed by atoms with Gasteiger partial charge in [0.1, 0.15) is 5.75 Å². The van der Waals surface area contributed by atoms with Crippen LogP contribution in [0.5, 0.6) is 17.2 Å². The van der Waals surface area contributed by atoms with Crippen LogP contribution in [-0.2, 0) is 6.42 Å². The summed E-state index contributed by atoms with van der Waals surface area (Å²) in [6.45, 7) is 0. The molecule has 0 atom stereocenters. The Morgan fingerprint density at radius 2 is 1.73 bits per heavy atom. The van der Waals surface area contributed by atoms with Crippen LogP contribution in [-0.4, -0.2) is 19.3 Å². The van der Waals surface area contributed by atoms with Gasteiger partial charge >= 0.3 is 0 Å². The summed E-state index contributed by atoms with van der Waals surface area (Å²) in [6.07, 6.45) is 9.16. The molecule has 0 fully saturated rings. The Morgan fingerprint density at radius 3 is 2.45 bits per heavy atom. The van der Waals surface area contributed by atoms with Crippen molar-refractivity contribution in [2.45, 2.75) is 6.42 Å². The summed E-state index contributed by atoms with van der Waals surface area (Å²) in [5, 5.41) is 9.81. The van der Waals surface area contributed by atoms with E-state index in [-0.39, 0.29) is 5.75 Å². The highest BCUT2D eigenvalue weighted by molar-refractivity contribution is 5.75. The summed E-state index contributed by atoms with van der Waals surface area (Å²) in [4.78, 5) is 0. The quantitative estimate of drug-likeness (QED) is 0.861. The van der Waals surface area contributed by atoms with Gasteiger partial charge in [0.2, 0.25) is 0 Å². The minimum absolute atomic E-state index is 0.139. The van der Waals surface area contributed by atoms with Gasteiger partial charge in [0.15, 0.2) is 11.5 Å². The van der Waals surface area contributed by atoms with Crippen molar-refractivity contribution in [3.63, 3.8) is 0 Å². The van der Waals surface area contributed by atoms with E-state index in [4.69, 9.17) is 9.47 Å². The van der Waals surface area contributed by atoms with Gasteiger partial charge in [-0.15, -0.1) is 0 Å². The number of allylic oxidation sites excluding steroid dienone is 1. The van der Waals surface area contributed by atoms with Crippen molar-refractivity contribution in [2.75, 3.05) is 14.2 Å². The third-order valence-electron chi connectivity index (χ3n) is 3.76. The molecule has 2 aromatic rings. The molecule has 3 rings (SSSR count). The van der Waals surface area contributed by atoms with Gasteiger partial charge < -0.3 is 14.6 Å². The number of phenols is 1. The second-order valence-electron chi connectivity index (χ2n) is 5.17. The lowest BCUT2D eigenvalue weighted by atomic mass is 10.0. The van der Waals surface area contributed by atoms with Gasteiger partial charge in [-0.1, -0.05) is 36.4 Å². The maximum Gasteiger partial charge on any atom is 0.160 e. The zero-order chi connectivity index (χ0) is 15.5. The molecule has 0 bridgehead atoms. The Labute approximate surface area is 130 Å². The van der Waals surface area contributed by atoms with E-state index in [0.717, 1.165) is 23.3 Å². The first-order chi connectivity index (χ1) is 10.7. The van der Waals surface area contributed by atoms with Crippen molar-refractivity contribution in [2.24, 2.45) is 0 Å². The second kappa shape index (κ2) is 5.98. The lowest BCUT2D eigenvalue weighted by Gasteiger charge is -2.08. The first-order valence-electron chi connectivity index (χ1n) is 7.14. The monoisotopic (exact) mass is 294 g/mol. The second-order valence-corrected chi connectivity index (χ2v) is 5.17. The van der Waals surface area contributed by atoms with Gasteiger partial charge in [-0.3, -0.25) is 0 Å². The number of methoxy groups -OCH3 is 2. The standard InChI is InChI=1S/C19H18O3/c1-21-18-9-8-13(11-17(18)20)6-7-14-10-15-4-3-5-16(15)19(12-14)22-2/h3,5-12,20H,4H2,1-2H3/b7-6-. The minimum atomic E-state index is 0.139. The van der Waals surface area contributed by atoms with E-state index in [1.54, 1.807) is 19.2 Å². The summed E-state index contributed by atoms with van der Waals surface area (Å²) in [5.74, 6) is 1.51. The van der Waals surface area contributed by atoms with Crippen molar-refractivity contribution in [3.8, 4) is 17.2 Å². The average molecular weight is 294 g/mol. The Morgan fingerprint density at radius 1 is 0.955 bits per heavy atom. The highest BCUT2D eigenvalue weighted by atomic mass is 16.5. The number of ether oxygens (including phenoxy) is 2. The molecule has 0 saturated heterocycles. The molecule has 3 heteroatoms. The zero-order valence-electron chi connectivity index (χ0n) is 12.7. The fraction of sp³-hybridized carbons (Fsp3) is 0.158. The van der Waals surface area contributed by atoms with Gasteiger partial charge in [-0.2, -0.15) is 0 Å². The first kappa shape index (κ1) is 14.3. The van der Waals surface area contributed by atoms with E-state index in [0.29, 0.717) is 5.75 Å². The van der Waals surface area contributed by atoms with E-state index in [1.807, 2.05) is 24.3 Å². The average Bonchev–Trinajstić information content (AvgIpc) is 3.00. The zero-order valence-corrected chi connectivity index (χ0v) is 12.7. The summed E-state index contributed by atoms with van der Waals surface area (Å²) >= 11 is 0. The number of hydrogen-bond acceptors (Lipinski definition) is 3. The lowest BCUT2D eigenvalue weighted by molar-refractivity contribution is 0.373. The summed E-state index contributed by atoms with van der Waals surface area (Å²) in [6, 6.07) is 9.52. The molecule has 3 nitrogen and oxygen atoms in total. The maximum atomic E-state index is 9.81. The summed E-state index contributed by atoms with van der Waals surface area (Å²) in [5.41, 5.74) is 4.43. The van der Waals surface area contributed by atoms with E-state index in [9.17, 15) is 5.11 Å². The van der Waals surface area contributed by atoms with Crippen molar-refractivity contribution in [1.82, 2.24) is 0 Å². The first-order valence-corrected chi connectivity index (χ1v) is 7.14. The number of fused-ring (bicyclic) bond motifs is 1. The number of rotatable bonds is 4. The Balaban J connectivity index is 1.88. The molecule has 0 spiro atoms. The molecule has 0 aliphatic heterocycles. The van der Waals surface area contributed by atoms with Crippen LogP contribution < -0.4 is 9.47 Å². The van der Waals surface area contributed by atoms with Gasteiger partial charge in [0.05, 0.1) is 14.2 Å². The molecule has 1 aliphatic rings. The van der Waals surface area contributed by atoms with Crippen LogP contribution >= 0.6 is 0 Å². The van der Waals surface area contributed by atoms with Gasteiger partial charge in [-0.05, 0) is 41.3 Å². The highest BCUT2D eigenvalue weighted by Gasteiger charge is 2.11. The molecule has 0 aromatic heterocycles. The Hall–Kier alpha value is -2.68. The number of aromatic hydroxyl groups is 1. The molecule has 1 N–H and O–H groups in total.